The Morgan fingerprint density at radius 2 is 0.487 bits per heavy atom. The van der Waals surface area contributed by atoms with Gasteiger partial charge in [0, 0.05) is 19.3 Å². The van der Waals surface area contributed by atoms with Crippen molar-refractivity contribution >= 4 is 17.9 Å². The Morgan fingerprint density at radius 3 is 0.762 bits per heavy atom. The van der Waals surface area contributed by atoms with Crippen molar-refractivity contribution in [2.45, 2.75) is 341 Å². The van der Waals surface area contributed by atoms with Crippen LogP contribution in [-0.4, -0.2) is 37.2 Å². The van der Waals surface area contributed by atoms with Gasteiger partial charge < -0.3 is 14.2 Å². The quantitative estimate of drug-likeness (QED) is 0.0261. The number of esters is 3. The van der Waals surface area contributed by atoms with E-state index in [-0.39, 0.29) is 31.1 Å². The zero-order chi connectivity index (χ0) is 57.8. The Labute approximate surface area is 496 Å². The first kappa shape index (κ1) is 76.3. The molecule has 0 saturated heterocycles. The first-order valence-electron chi connectivity index (χ1n) is 34.2. The van der Waals surface area contributed by atoms with E-state index in [1.807, 2.05) is 0 Å². The molecule has 80 heavy (non-hydrogen) atoms. The number of hydrogen-bond acceptors (Lipinski definition) is 6. The fraction of sp³-hybridized carbons (Fsp3) is 0.743. The van der Waals surface area contributed by atoms with Gasteiger partial charge in [-0.2, -0.15) is 0 Å². The lowest BCUT2D eigenvalue weighted by Gasteiger charge is -2.18. The van der Waals surface area contributed by atoms with Crippen LogP contribution in [0.5, 0.6) is 0 Å². The SMILES string of the molecule is CC/C=C\C/C=C\C/C=C\C/C=C\C/C=C\C/C=C\C/C=C\C/C=C\CCCCCCCCC(=O)OCC(COC(=O)CCCCCCC)OC(=O)CCCCCCCCCCCCCCCCCCCCCCCCCCCC. The molecule has 6 nitrogen and oxygen atoms in total. The number of carbonyl (C=O) groups excluding carboxylic acids is 3. The van der Waals surface area contributed by atoms with Crippen molar-refractivity contribution in [3.8, 4) is 0 Å². The maximum absolute atomic E-state index is 12.9. The summed E-state index contributed by atoms with van der Waals surface area (Å²) in [6, 6.07) is 0. The number of carbonyl (C=O) groups is 3. The van der Waals surface area contributed by atoms with Crippen molar-refractivity contribution in [1.82, 2.24) is 0 Å². The van der Waals surface area contributed by atoms with Gasteiger partial charge in [-0.1, -0.05) is 330 Å². The molecular weight excluding hydrogens is 985 g/mol. The third-order valence-corrected chi connectivity index (χ3v) is 14.9. The summed E-state index contributed by atoms with van der Waals surface area (Å²) < 4.78 is 16.8. The standard InChI is InChI=1S/C74H128O6/c1-4-7-10-13-15-17-19-21-23-25-27-29-31-33-35-36-37-38-39-41-42-44-46-48-50-52-54-56-58-61-64-67-73(76)79-70-71(69-78-72(75)66-63-60-12-9-6-3)80-74(77)68-65-62-59-57-55-53-51-49-47-45-43-40-34-32-30-28-26-24-22-20-18-16-14-11-8-5-2/h7,10,15,17,21,23,27,29,33,35,37-38,41-42,46,48,71H,4-6,8-9,11-14,16,18-20,22,24-26,28,30-32,34,36,39-40,43-45,47,49-70H2,1-3H3/b10-7-,17-15-,23-21-,29-27-,35-33-,38-37-,42-41-,48-46-. The molecule has 0 aliphatic carbocycles. The minimum absolute atomic E-state index is 0.0801. The summed E-state index contributed by atoms with van der Waals surface area (Å²) in [6.07, 6.45) is 92.0. The van der Waals surface area contributed by atoms with Crippen LogP contribution in [0.3, 0.4) is 0 Å². The average molecular weight is 1110 g/mol. The average Bonchev–Trinajstić information content (AvgIpc) is 3.46. The minimum Gasteiger partial charge on any atom is -0.462 e. The van der Waals surface area contributed by atoms with Gasteiger partial charge in [0.1, 0.15) is 13.2 Å². The summed E-state index contributed by atoms with van der Waals surface area (Å²) >= 11 is 0. The fourth-order valence-electron chi connectivity index (χ4n) is 9.76. The van der Waals surface area contributed by atoms with E-state index >= 15 is 0 Å². The van der Waals surface area contributed by atoms with Crippen LogP contribution in [0.2, 0.25) is 0 Å². The number of ether oxygens (including phenoxy) is 3. The Kier molecular flexibility index (Phi) is 64.7. The van der Waals surface area contributed by atoms with Crippen LogP contribution in [0.25, 0.3) is 0 Å². The molecule has 0 aliphatic rings. The maximum Gasteiger partial charge on any atom is 0.306 e. The zero-order valence-electron chi connectivity index (χ0n) is 52.8. The highest BCUT2D eigenvalue weighted by Crippen LogP contribution is 2.18. The molecule has 0 spiro atoms. The van der Waals surface area contributed by atoms with E-state index in [0.29, 0.717) is 19.3 Å². The second kappa shape index (κ2) is 67.8. The van der Waals surface area contributed by atoms with Crippen LogP contribution in [0, 0.1) is 0 Å². The Bertz CT molecular complexity index is 1560. The van der Waals surface area contributed by atoms with E-state index in [0.717, 1.165) is 128 Å². The predicted octanol–water partition coefficient (Wildman–Crippen LogP) is 23.6. The van der Waals surface area contributed by atoms with Gasteiger partial charge in [0.15, 0.2) is 6.10 Å². The molecule has 0 aromatic heterocycles. The topological polar surface area (TPSA) is 78.9 Å². The maximum atomic E-state index is 12.9. The van der Waals surface area contributed by atoms with E-state index in [4.69, 9.17) is 14.2 Å². The molecule has 0 amide bonds. The van der Waals surface area contributed by atoms with Crippen LogP contribution in [0.4, 0.5) is 0 Å². The lowest BCUT2D eigenvalue weighted by atomic mass is 10.0. The molecule has 1 unspecified atom stereocenters. The number of rotatable bonds is 62. The monoisotopic (exact) mass is 1110 g/mol. The summed E-state index contributed by atoms with van der Waals surface area (Å²) in [5.41, 5.74) is 0. The van der Waals surface area contributed by atoms with E-state index in [9.17, 15) is 14.4 Å². The van der Waals surface area contributed by atoms with E-state index in [2.05, 4.69) is 118 Å². The van der Waals surface area contributed by atoms with E-state index < -0.39 is 6.10 Å². The fourth-order valence-corrected chi connectivity index (χ4v) is 9.76. The first-order chi connectivity index (χ1) is 39.5. The normalized spacial score (nSPS) is 12.7. The van der Waals surface area contributed by atoms with Gasteiger partial charge in [0.05, 0.1) is 0 Å². The van der Waals surface area contributed by atoms with E-state index in [1.54, 1.807) is 0 Å². The van der Waals surface area contributed by atoms with Gasteiger partial charge in [-0.15, -0.1) is 0 Å². The largest absolute Gasteiger partial charge is 0.462 e. The first-order valence-corrected chi connectivity index (χ1v) is 34.2. The molecule has 0 saturated carbocycles. The minimum atomic E-state index is -0.780. The summed E-state index contributed by atoms with van der Waals surface area (Å²) in [4.78, 5) is 38.0. The van der Waals surface area contributed by atoms with Crippen LogP contribution >= 0.6 is 0 Å². The van der Waals surface area contributed by atoms with Gasteiger partial charge in [0.25, 0.3) is 0 Å². The van der Waals surface area contributed by atoms with Crippen LogP contribution in [0.15, 0.2) is 97.2 Å². The molecule has 0 rings (SSSR count). The van der Waals surface area contributed by atoms with E-state index in [1.165, 1.54) is 167 Å². The highest BCUT2D eigenvalue weighted by atomic mass is 16.6. The molecule has 0 aliphatic heterocycles. The van der Waals surface area contributed by atoms with Crippen molar-refractivity contribution in [2.24, 2.45) is 0 Å². The van der Waals surface area contributed by atoms with Crippen molar-refractivity contribution in [1.29, 1.82) is 0 Å². The number of unbranched alkanes of at least 4 members (excludes halogenated alkanes) is 35. The predicted molar refractivity (Wildman–Crippen MR) is 348 cm³/mol. The second-order valence-corrected chi connectivity index (χ2v) is 22.7. The van der Waals surface area contributed by atoms with Gasteiger partial charge in [-0.25, -0.2) is 0 Å². The van der Waals surface area contributed by atoms with Crippen LogP contribution in [-0.2, 0) is 28.6 Å². The highest BCUT2D eigenvalue weighted by Gasteiger charge is 2.19. The van der Waals surface area contributed by atoms with Crippen molar-refractivity contribution in [3.63, 3.8) is 0 Å². The summed E-state index contributed by atoms with van der Waals surface area (Å²) in [6.45, 7) is 6.47. The molecule has 0 bridgehead atoms. The number of allylic oxidation sites excluding steroid dienone is 16. The molecule has 0 aromatic carbocycles. The smallest absolute Gasteiger partial charge is 0.306 e. The van der Waals surface area contributed by atoms with Gasteiger partial charge in [-0.3, -0.25) is 14.4 Å². The van der Waals surface area contributed by atoms with Crippen LogP contribution in [0.1, 0.15) is 335 Å². The lowest BCUT2D eigenvalue weighted by Crippen LogP contribution is -2.30. The highest BCUT2D eigenvalue weighted by molar-refractivity contribution is 5.71. The second-order valence-electron chi connectivity index (χ2n) is 22.7. The Morgan fingerprint density at radius 1 is 0.263 bits per heavy atom. The van der Waals surface area contributed by atoms with Crippen molar-refractivity contribution < 1.29 is 28.6 Å². The van der Waals surface area contributed by atoms with Gasteiger partial charge in [-0.05, 0) is 83.5 Å². The van der Waals surface area contributed by atoms with Gasteiger partial charge >= 0.3 is 17.9 Å². The molecule has 0 heterocycles. The summed E-state index contributed by atoms with van der Waals surface area (Å²) in [7, 11) is 0. The van der Waals surface area contributed by atoms with Gasteiger partial charge in [0.2, 0.25) is 0 Å². The molecule has 0 aromatic rings. The van der Waals surface area contributed by atoms with Crippen molar-refractivity contribution in [3.05, 3.63) is 97.2 Å². The third kappa shape index (κ3) is 65.1. The Hall–Kier alpha value is -3.67. The molecular formula is C74H128O6. The molecule has 0 fully saturated rings. The molecule has 1 atom stereocenters. The third-order valence-electron chi connectivity index (χ3n) is 14.9. The molecule has 0 radical (unpaired) electrons. The Balaban J connectivity index is 4.05. The zero-order valence-corrected chi connectivity index (χ0v) is 52.8. The molecule has 0 N–H and O–H groups in total. The molecule has 460 valence electrons. The number of hydrogen-bond donors (Lipinski definition) is 0. The van der Waals surface area contributed by atoms with Crippen molar-refractivity contribution in [2.75, 3.05) is 13.2 Å². The lowest BCUT2D eigenvalue weighted by molar-refractivity contribution is -0.167. The summed E-state index contributed by atoms with van der Waals surface area (Å²) in [5, 5.41) is 0. The van der Waals surface area contributed by atoms with Crippen LogP contribution < -0.4 is 0 Å². The summed E-state index contributed by atoms with van der Waals surface area (Å²) in [5.74, 6) is -0.896. The molecule has 6 heteroatoms.